The number of nitrogens with zero attached hydrogens (tertiary/aromatic N) is 2. The van der Waals surface area contributed by atoms with E-state index < -0.39 is 10.0 Å². The van der Waals surface area contributed by atoms with E-state index in [1.807, 2.05) is 44.3 Å². The van der Waals surface area contributed by atoms with Gasteiger partial charge in [0.15, 0.2) is 0 Å². The van der Waals surface area contributed by atoms with E-state index in [2.05, 4.69) is 10.2 Å². The Morgan fingerprint density at radius 3 is 2.31 bits per heavy atom. The standard InChI is InChI=1S/C19H25N3O3S/c1-15(22(4)17-10-6-5-7-11-17)14-20-19(23)16-9-8-12-18(13-16)26(24,25)21(2)3/h5-13,15H,14H2,1-4H3,(H,20,23). The third-order valence-corrected chi connectivity index (χ3v) is 6.07. The summed E-state index contributed by atoms with van der Waals surface area (Å²) in [4.78, 5) is 14.6. The second kappa shape index (κ2) is 8.33. The molecule has 0 aromatic heterocycles. The number of carbonyl (C=O) groups is 1. The van der Waals surface area contributed by atoms with Gasteiger partial charge in [0.1, 0.15) is 0 Å². The second-order valence-corrected chi connectivity index (χ2v) is 8.47. The Morgan fingerprint density at radius 2 is 1.69 bits per heavy atom. The molecule has 1 amide bonds. The SMILES string of the molecule is CC(CNC(=O)c1cccc(S(=O)(=O)N(C)C)c1)N(C)c1ccccc1. The van der Waals surface area contributed by atoms with Crippen LogP contribution in [0.1, 0.15) is 17.3 Å². The molecule has 0 spiro atoms. The Kier molecular flexibility index (Phi) is 6.39. The molecule has 140 valence electrons. The minimum Gasteiger partial charge on any atom is -0.370 e. The number of rotatable bonds is 7. The summed E-state index contributed by atoms with van der Waals surface area (Å²) in [6.45, 7) is 2.45. The fourth-order valence-corrected chi connectivity index (χ4v) is 3.35. The smallest absolute Gasteiger partial charge is 0.251 e. The molecule has 0 saturated carbocycles. The van der Waals surface area contributed by atoms with Crippen molar-refractivity contribution in [2.24, 2.45) is 0 Å². The van der Waals surface area contributed by atoms with Crippen LogP contribution >= 0.6 is 0 Å². The van der Waals surface area contributed by atoms with E-state index in [9.17, 15) is 13.2 Å². The lowest BCUT2D eigenvalue weighted by Gasteiger charge is -2.27. The molecule has 7 heteroatoms. The maximum atomic E-state index is 12.4. The number of hydrogen-bond acceptors (Lipinski definition) is 4. The van der Waals surface area contributed by atoms with Crippen LogP contribution in [-0.2, 0) is 10.0 Å². The molecule has 0 radical (unpaired) electrons. The Bertz CT molecular complexity index is 851. The Labute approximate surface area is 155 Å². The molecule has 6 nitrogen and oxygen atoms in total. The highest BCUT2D eigenvalue weighted by Gasteiger charge is 2.19. The molecule has 1 N–H and O–H groups in total. The number of anilines is 1. The monoisotopic (exact) mass is 375 g/mol. The summed E-state index contributed by atoms with van der Waals surface area (Å²) in [5.74, 6) is -0.297. The number of para-hydroxylation sites is 1. The summed E-state index contributed by atoms with van der Waals surface area (Å²) in [5, 5.41) is 2.87. The van der Waals surface area contributed by atoms with E-state index in [-0.39, 0.29) is 16.8 Å². The molecule has 0 aliphatic rings. The number of sulfonamides is 1. The number of carbonyl (C=O) groups excluding carboxylic acids is 1. The van der Waals surface area contributed by atoms with Gasteiger partial charge < -0.3 is 10.2 Å². The fraction of sp³-hybridized carbons (Fsp3) is 0.316. The van der Waals surface area contributed by atoms with E-state index >= 15 is 0 Å². The summed E-state index contributed by atoms with van der Waals surface area (Å²) >= 11 is 0. The van der Waals surface area contributed by atoms with E-state index in [4.69, 9.17) is 0 Å². The fourth-order valence-electron chi connectivity index (χ4n) is 2.41. The minimum absolute atomic E-state index is 0.0787. The molecule has 0 aliphatic carbocycles. The van der Waals surface area contributed by atoms with Crippen LogP contribution in [-0.4, -0.2) is 52.4 Å². The first-order valence-corrected chi connectivity index (χ1v) is 9.76. The van der Waals surface area contributed by atoms with Gasteiger partial charge in [-0.3, -0.25) is 4.79 Å². The molecule has 2 rings (SSSR count). The average Bonchev–Trinajstić information content (AvgIpc) is 2.65. The predicted octanol–water partition coefficient (Wildman–Crippen LogP) is 2.19. The van der Waals surface area contributed by atoms with Crippen LogP contribution in [0.5, 0.6) is 0 Å². The molecular weight excluding hydrogens is 350 g/mol. The van der Waals surface area contributed by atoms with Crippen LogP contribution in [0, 0.1) is 0 Å². The van der Waals surface area contributed by atoms with Gasteiger partial charge in [0.25, 0.3) is 5.91 Å². The highest BCUT2D eigenvalue weighted by atomic mass is 32.2. The molecule has 0 heterocycles. The molecule has 1 atom stereocenters. The molecule has 2 aromatic rings. The maximum absolute atomic E-state index is 12.4. The molecule has 1 unspecified atom stereocenters. The zero-order valence-corrected chi connectivity index (χ0v) is 16.3. The number of nitrogens with one attached hydrogen (secondary N) is 1. The maximum Gasteiger partial charge on any atom is 0.251 e. The minimum atomic E-state index is -3.57. The van der Waals surface area contributed by atoms with Gasteiger partial charge in [-0.05, 0) is 37.3 Å². The van der Waals surface area contributed by atoms with Crippen molar-refractivity contribution in [3.8, 4) is 0 Å². The van der Waals surface area contributed by atoms with Crippen molar-refractivity contribution < 1.29 is 13.2 Å². The van der Waals surface area contributed by atoms with Crippen molar-refractivity contribution in [1.82, 2.24) is 9.62 Å². The largest absolute Gasteiger partial charge is 0.370 e. The van der Waals surface area contributed by atoms with Crippen molar-refractivity contribution in [3.05, 3.63) is 60.2 Å². The van der Waals surface area contributed by atoms with Crippen LogP contribution in [0.3, 0.4) is 0 Å². The normalized spacial score (nSPS) is 12.7. The lowest BCUT2D eigenvalue weighted by atomic mass is 10.2. The van der Waals surface area contributed by atoms with Crippen molar-refractivity contribution >= 4 is 21.6 Å². The zero-order valence-electron chi connectivity index (χ0n) is 15.5. The van der Waals surface area contributed by atoms with Crippen molar-refractivity contribution in [2.45, 2.75) is 17.9 Å². The molecule has 26 heavy (non-hydrogen) atoms. The van der Waals surface area contributed by atoms with Gasteiger partial charge in [-0.25, -0.2) is 12.7 Å². The Hall–Kier alpha value is -2.38. The van der Waals surface area contributed by atoms with Gasteiger partial charge in [-0.15, -0.1) is 0 Å². The van der Waals surface area contributed by atoms with Gasteiger partial charge in [0.2, 0.25) is 10.0 Å². The van der Waals surface area contributed by atoms with Gasteiger partial charge in [-0.1, -0.05) is 24.3 Å². The first kappa shape index (κ1) is 19.9. The lowest BCUT2D eigenvalue weighted by molar-refractivity contribution is 0.0951. The van der Waals surface area contributed by atoms with E-state index in [1.165, 1.54) is 26.2 Å². The van der Waals surface area contributed by atoms with E-state index in [1.54, 1.807) is 12.1 Å². The van der Waals surface area contributed by atoms with Gasteiger partial charge in [0, 0.05) is 45.0 Å². The van der Waals surface area contributed by atoms with Crippen LogP contribution in [0.15, 0.2) is 59.5 Å². The Morgan fingerprint density at radius 1 is 1.04 bits per heavy atom. The predicted molar refractivity (Wildman–Crippen MR) is 104 cm³/mol. The number of amides is 1. The summed E-state index contributed by atoms with van der Waals surface area (Å²) in [6.07, 6.45) is 0. The topological polar surface area (TPSA) is 69.7 Å². The number of hydrogen-bond donors (Lipinski definition) is 1. The molecule has 0 saturated heterocycles. The number of likely N-dealkylation sites (N-methyl/N-ethyl adjacent to an activating group) is 1. The van der Waals surface area contributed by atoms with Crippen LogP contribution in [0.25, 0.3) is 0 Å². The van der Waals surface area contributed by atoms with Crippen molar-refractivity contribution in [2.75, 3.05) is 32.6 Å². The van der Waals surface area contributed by atoms with E-state index in [0.29, 0.717) is 12.1 Å². The lowest BCUT2D eigenvalue weighted by Crippen LogP contribution is -2.40. The van der Waals surface area contributed by atoms with Gasteiger partial charge >= 0.3 is 0 Å². The first-order valence-electron chi connectivity index (χ1n) is 8.32. The second-order valence-electron chi connectivity index (χ2n) is 6.32. The molecule has 2 aromatic carbocycles. The third kappa shape index (κ3) is 4.62. The van der Waals surface area contributed by atoms with Gasteiger partial charge in [0.05, 0.1) is 4.90 Å². The highest BCUT2D eigenvalue weighted by Crippen LogP contribution is 2.16. The van der Waals surface area contributed by atoms with Crippen LogP contribution < -0.4 is 10.2 Å². The highest BCUT2D eigenvalue weighted by molar-refractivity contribution is 7.89. The first-order chi connectivity index (χ1) is 12.2. The quantitative estimate of drug-likeness (QED) is 0.805. The summed E-state index contributed by atoms with van der Waals surface area (Å²) in [7, 11) is 1.32. The van der Waals surface area contributed by atoms with Crippen molar-refractivity contribution in [3.63, 3.8) is 0 Å². The van der Waals surface area contributed by atoms with Crippen LogP contribution in [0.2, 0.25) is 0 Å². The molecule has 0 fully saturated rings. The van der Waals surface area contributed by atoms with Crippen LogP contribution in [0.4, 0.5) is 5.69 Å². The number of benzene rings is 2. The van der Waals surface area contributed by atoms with E-state index in [0.717, 1.165) is 9.99 Å². The summed E-state index contributed by atoms with van der Waals surface area (Å²) in [5.41, 5.74) is 1.39. The third-order valence-electron chi connectivity index (χ3n) is 4.26. The average molecular weight is 375 g/mol. The summed E-state index contributed by atoms with van der Waals surface area (Å²) < 4.78 is 25.5. The zero-order chi connectivity index (χ0) is 19.3. The van der Waals surface area contributed by atoms with Gasteiger partial charge in [-0.2, -0.15) is 0 Å². The molecule has 0 bridgehead atoms. The Balaban J connectivity index is 2.04. The molecule has 0 aliphatic heterocycles. The van der Waals surface area contributed by atoms with Crippen molar-refractivity contribution in [1.29, 1.82) is 0 Å². The summed E-state index contributed by atoms with van der Waals surface area (Å²) in [6, 6.07) is 16.0. The molecular formula is C19H25N3O3S.